The second kappa shape index (κ2) is 8.93. The normalized spacial score (nSPS) is 14.8. The van der Waals surface area contributed by atoms with Gasteiger partial charge in [0, 0.05) is 23.5 Å². The van der Waals surface area contributed by atoms with Gasteiger partial charge in [0.2, 0.25) is 5.91 Å². The molecule has 0 saturated carbocycles. The number of amides is 2. The van der Waals surface area contributed by atoms with Crippen LogP contribution in [0.5, 0.6) is 5.75 Å². The number of anilines is 1. The van der Waals surface area contributed by atoms with Gasteiger partial charge in [-0.2, -0.15) is 14.9 Å². The molecule has 3 N–H and O–H groups in total. The van der Waals surface area contributed by atoms with E-state index in [1.807, 2.05) is 19.1 Å². The highest BCUT2D eigenvalue weighted by atomic mass is 19.1. The molecule has 2 aromatic heterocycles. The highest BCUT2D eigenvalue weighted by molar-refractivity contribution is 5.95. The summed E-state index contributed by atoms with van der Waals surface area (Å²) in [7, 11) is 0. The zero-order valence-electron chi connectivity index (χ0n) is 18.6. The Morgan fingerprint density at radius 2 is 1.94 bits per heavy atom. The van der Waals surface area contributed by atoms with Crippen LogP contribution in [0.1, 0.15) is 29.2 Å². The van der Waals surface area contributed by atoms with Crippen LogP contribution in [0.3, 0.4) is 0 Å². The maximum absolute atomic E-state index is 13.3. The quantitative estimate of drug-likeness (QED) is 0.439. The molecular formula is C24H20FN7O3. The molecule has 1 aliphatic rings. The first-order chi connectivity index (χ1) is 16.9. The maximum atomic E-state index is 13.3. The summed E-state index contributed by atoms with van der Waals surface area (Å²) in [5, 5.41) is 15.6. The van der Waals surface area contributed by atoms with Crippen LogP contribution < -0.4 is 15.8 Å². The molecule has 3 heterocycles. The van der Waals surface area contributed by atoms with Crippen molar-refractivity contribution in [2.45, 2.75) is 19.3 Å². The first kappa shape index (κ1) is 22.1. The van der Waals surface area contributed by atoms with Gasteiger partial charge in [0.25, 0.3) is 11.9 Å². The van der Waals surface area contributed by atoms with Crippen LogP contribution in [-0.2, 0) is 9.59 Å². The summed E-state index contributed by atoms with van der Waals surface area (Å²) in [6.07, 6.45) is 1.71. The molecule has 5 rings (SSSR count). The monoisotopic (exact) mass is 473 g/mol. The van der Waals surface area contributed by atoms with E-state index in [2.05, 4.69) is 25.6 Å². The zero-order valence-corrected chi connectivity index (χ0v) is 18.6. The summed E-state index contributed by atoms with van der Waals surface area (Å²) < 4.78 is 20.1. The molecule has 11 heteroatoms. The summed E-state index contributed by atoms with van der Waals surface area (Å²) >= 11 is 0. The van der Waals surface area contributed by atoms with E-state index in [-0.39, 0.29) is 36.6 Å². The second-order valence-corrected chi connectivity index (χ2v) is 8.04. The number of benzene rings is 2. The highest BCUT2D eigenvalue weighted by Gasteiger charge is 2.33. The van der Waals surface area contributed by atoms with Crippen molar-refractivity contribution in [2.24, 2.45) is 5.73 Å². The maximum Gasteiger partial charge on any atom is 0.272 e. The van der Waals surface area contributed by atoms with Crippen LogP contribution in [0, 0.1) is 12.7 Å². The number of halogens is 1. The lowest BCUT2D eigenvalue weighted by atomic mass is 9.86. The number of fused-ring (bicyclic) bond motifs is 1. The molecule has 10 nitrogen and oxygen atoms in total. The summed E-state index contributed by atoms with van der Waals surface area (Å²) in [4.78, 5) is 28.1. The molecule has 0 fully saturated rings. The van der Waals surface area contributed by atoms with Gasteiger partial charge >= 0.3 is 0 Å². The van der Waals surface area contributed by atoms with Gasteiger partial charge in [0.1, 0.15) is 17.4 Å². The highest BCUT2D eigenvalue weighted by Crippen LogP contribution is 2.40. The lowest BCUT2D eigenvalue weighted by Crippen LogP contribution is -2.25. The summed E-state index contributed by atoms with van der Waals surface area (Å²) in [5.74, 6) is -0.216. The number of nitrogens with two attached hydrogens (primary N) is 1. The second-order valence-electron chi connectivity index (χ2n) is 8.04. The van der Waals surface area contributed by atoms with E-state index < -0.39 is 5.91 Å². The number of aryl methyl sites for hydroxylation is 1. The molecule has 0 saturated heterocycles. The van der Waals surface area contributed by atoms with Crippen molar-refractivity contribution in [1.29, 1.82) is 0 Å². The number of primary amides is 1. The zero-order chi connectivity index (χ0) is 24.5. The molecule has 0 bridgehead atoms. The van der Waals surface area contributed by atoms with Crippen LogP contribution in [0.4, 0.5) is 10.2 Å². The van der Waals surface area contributed by atoms with Crippen LogP contribution in [-0.4, -0.2) is 43.4 Å². The van der Waals surface area contributed by atoms with Gasteiger partial charge in [0.05, 0.1) is 17.6 Å². The first-order valence-corrected chi connectivity index (χ1v) is 10.8. The molecule has 0 aliphatic carbocycles. The van der Waals surface area contributed by atoms with Crippen molar-refractivity contribution < 1.29 is 18.7 Å². The fourth-order valence-corrected chi connectivity index (χ4v) is 4.07. The third kappa shape index (κ3) is 4.43. The lowest BCUT2D eigenvalue weighted by Gasteiger charge is -2.24. The standard InChI is InChI=1S/C24H20FN7O3/c1-13-22-18(14-4-8-17(9-5-14)35-12-20(26)33)10-21(34)29-23(22)32(31-13)24-28-19(11-27-30-24)15-2-6-16(25)7-3-15/h2-9,11,18H,10,12H2,1H3,(H2,26,33)(H,29,34)/t18-/m1/s1. The Morgan fingerprint density at radius 3 is 2.66 bits per heavy atom. The van der Waals surface area contributed by atoms with Gasteiger partial charge in [-0.15, -0.1) is 5.10 Å². The number of carbonyl (C=O) groups is 2. The van der Waals surface area contributed by atoms with Gasteiger partial charge in [-0.3, -0.25) is 9.59 Å². The van der Waals surface area contributed by atoms with E-state index in [4.69, 9.17) is 10.5 Å². The molecule has 1 atom stereocenters. The Balaban J connectivity index is 1.51. The number of aromatic nitrogens is 5. The van der Waals surface area contributed by atoms with Crippen molar-refractivity contribution in [3.05, 3.63) is 77.4 Å². The van der Waals surface area contributed by atoms with E-state index >= 15 is 0 Å². The average molecular weight is 473 g/mol. The third-order valence-corrected chi connectivity index (χ3v) is 5.64. The number of hydrogen-bond acceptors (Lipinski definition) is 7. The molecule has 2 amide bonds. The van der Waals surface area contributed by atoms with Crippen LogP contribution in [0.2, 0.25) is 0 Å². The number of rotatable bonds is 6. The van der Waals surface area contributed by atoms with Crippen LogP contribution >= 0.6 is 0 Å². The SMILES string of the molecule is Cc1nn(-c2nncc(-c3ccc(F)cc3)n2)c2c1[C@@H](c1ccc(OCC(N)=O)cc1)CC(=O)N2. The Hall–Kier alpha value is -4.67. The molecule has 1 aliphatic heterocycles. The van der Waals surface area contributed by atoms with Gasteiger partial charge < -0.3 is 15.8 Å². The molecule has 0 radical (unpaired) electrons. The Bertz CT molecular complexity index is 1420. The van der Waals surface area contributed by atoms with Crippen LogP contribution in [0.25, 0.3) is 17.2 Å². The Labute approximate surface area is 199 Å². The molecule has 176 valence electrons. The van der Waals surface area contributed by atoms with Crippen molar-refractivity contribution in [2.75, 3.05) is 11.9 Å². The molecule has 0 spiro atoms. The van der Waals surface area contributed by atoms with E-state index in [1.165, 1.54) is 23.0 Å². The van der Waals surface area contributed by atoms with Crippen molar-refractivity contribution >= 4 is 17.6 Å². The molecular weight excluding hydrogens is 453 g/mol. The molecule has 35 heavy (non-hydrogen) atoms. The Kier molecular flexibility index (Phi) is 5.65. The lowest BCUT2D eigenvalue weighted by molar-refractivity contribution is -0.120. The largest absolute Gasteiger partial charge is 0.484 e. The molecule has 0 unspecified atom stereocenters. The van der Waals surface area contributed by atoms with Gasteiger partial charge in [-0.25, -0.2) is 9.37 Å². The van der Waals surface area contributed by atoms with Gasteiger partial charge in [-0.1, -0.05) is 12.1 Å². The average Bonchev–Trinajstić information content (AvgIpc) is 3.19. The minimum atomic E-state index is -0.564. The Morgan fingerprint density at radius 1 is 1.20 bits per heavy atom. The number of nitrogens with zero attached hydrogens (tertiary/aromatic N) is 5. The molecule has 2 aromatic carbocycles. The van der Waals surface area contributed by atoms with Gasteiger partial charge in [0.15, 0.2) is 6.61 Å². The minimum Gasteiger partial charge on any atom is -0.484 e. The smallest absolute Gasteiger partial charge is 0.272 e. The fraction of sp³-hybridized carbons (Fsp3) is 0.167. The summed E-state index contributed by atoms with van der Waals surface area (Å²) in [6, 6.07) is 13.0. The van der Waals surface area contributed by atoms with E-state index in [0.717, 1.165) is 11.1 Å². The van der Waals surface area contributed by atoms with Crippen LogP contribution in [0.15, 0.2) is 54.7 Å². The van der Waals surface area contributed by atoms with Crippen molar-refractivity contribution in [1.82, 2.24) is 25.0 Å². The summed E-state index contributed by atoms with van der Waals surface area (Å²) in [6.45, 7) is 1.63. The number of carbonyl (C=O) groups excluding carboxylic acids is 2. The van der Waals surface area contributed by atoms with Gasteiger partial charge in [-0.05, 0) is 48.9 Å². The number of ether oxygens (including phenoxy) is 1. The number of nitrogens with one attached hydrogen (secondary N) is 1. The third-order valence-electron chi connectivity index (χ3n) is 5.64. The van der Waals surface area contributed by atoms with E-state index in [0.29, 0.717) is 28.5 Å². The number of hydrogen-bond donors (Lipinski definition) is 2. The van der Waals surface area contributed by atoms with E-state index in [1.54, 1.807) is 24.3 Å². The fourth-order valence-electron chi connectivity index (χ4n) is 4.07. The summed E-state index contributed by atoms with van der Waals surface area (Å²) in [5.41, 5.74) is 8.71. The predicted octanol–water partition coefficient (Wildman–Crippen LogP) is 2.51. The van der Waals surface area contributed by atoms with Crippen molar-refractivity contribution in [3.63, 3.8) is 0 Å². The predicted molar refractivity (Wildman–Crippen MR) is 123 cm³/mol. The van der Waals surface area contributed by atoms with E-state index in [9.17, 15) is 14.0 Å². The topological polar surface area (TPSA) is 138 Å². The minimum absolute atomic E-state index is 0.173. The first-order valence-electron chi connectivity index (χ1n) is 10.8. The van der Waals surface area contributed by atoms with Crippen molar-refractivity contribution in [3.8, 4) is 23.0 Å². The molecule has 4 aromatic rings.